The monoisotopic (exact) mass is 349 g/mol. The van der Waals surface area contributed by atoms with E-state index in [1.54, 1.807) is 17.2 Å². The van der Waals surface area contributed by atoms with E-state index in [9.17, 15) is 0 Å². The number of fused-ring (bicyclic) bond motifs is 1. The Morgan fingerprint density at radius 3 is 2.60 bits per heavy atom. The SMILES string of the molecule is Cc1cccc(Nc2ncnc3c2cnn3-c2ccc(Cl)cc2)c1C. The zero-order chi connectivity index (χ0) is 17.4. The standard InChI is InChI=1S/C19H16ClN5/c1-12-4-3-5-17(13(12)2)24-18-16-10-23-25(19(16)22-11-21-18)15-8-6-14(20)7-9-15/h3-11H,1-2H3,(H,21,22,24). The van der Waals surface area contributed by atoms with E-state index in [0.29, 0.717) is 5.02 Å². The number of nitrogens with zero attached hydrogens (tertiary/aromatic N) is 4. The Kier molecular flexibility index (Phi) is 3.86. The highest BCUT2D eigenvalue weighted by Gasteiger charge is 2.12. The second kappa shape index (κ2) is 6.18. The first kappa shape index (κ1) is 15.6. The van der Waals surface area contributed by atoms with Crippen LogP contribution in [0.25, 0.3) is 16.7 Å². The lowest BCUT2D eigenvalue weighted by Crippen LogP contribution is -2.00. The molecule has 0 radical (unpaired) electrons. The zero-order valence-corrected chi connectivity index (χ0v) is 14.6. The molecular weight excluding hydrogens is 334 g/mol. The van der Waals surface area contributed by atoms with Crippen LogP contribution in [0.5, 0.6) is 0 Å². The van der Waals surface area contributed by atoms with Crippen molar-refractivity contribution in [2.24, 2.45) is 0 Å². The molecule has 25 heavy (non-hydrogen) atoms. The summed E-state index contributed by atoms with van der Waals surface area (Å²) in [6, 6.07) is 13.7. The van der Waals surface area contributed by atoms with Crippen molar-refractivity contribution in [3.63, 3.8) is 0 Å². The number of halogens is 1. The highest BCUT2D eigenvalue weighted by Crippen LogP contribution is 2.27. The molecule has 4 aromatic rings. The number of aromatic nitrogens is 4. The van der Waals surface area contributed by atoms with Crippen molar-refractivity contribution in [3.8, 4) is 5.69 Å². The maximum atomic E-state index is 5.97. The van der Waals surface area contributed by atoms with Gasteiger partial charge in [0, 0.05) is 10.7 Å². The molecule has 0 saturated carbocycles. The maximum absolute atomic E-state index is 5.97. The molecule has 0 saturated heterocycles. The molecule has 124 valence electrons. The second-order valence-corrected chi connectivity index (χ2v) is 6.30. The molecule has 0 fully saturated rings. The van der Waals surface area contributed by atoms with Gasteiger partial charge in [0.15, 0.2) is 5.65 Å². The molecule has 0 unspecified atom stereocenters. The van der Waals surface area contributed by atoms with E-state index < -0.39 is 0 Å². The summed E-state index contributed by atoms with van der Waals surface area (Å²) in [5.41, 5.74) is 5.09. The van der Waals surface area contributed by atoms with Gasteiger partial charge in [-0.05, 0) is 55.3 Å². The lowest BCUT2D eigenvalue weighted by atomic mass is 10.1. The zero-order valence-electron chi connectivity index (χ0n) is 13.9. The Morgan fingerprint density at radius 1 is 1.00 bits per heavy atom. The van der Waals surface area contributed by atoms with Crippen molar-refractivity contribution in [3.05, 3.63) is 71.1 Å². The third-order valence-electron chi connectivity index (χ3n) is 4.29. The van der Waals surface area contributed by atoms with Gasteiger partial charge in [0.2, 0.25) is 0 Å². The van der Waals surface area contributed by atoms with Crippen LogP contribution in [0.4, 0.5) is 11.5 Å². The number of anilines is 2. The normalized spacial score (nSPS) is 11.0. The largest absolute Gasteiger partial charge is 0.339 e. The third-order valence-corrected chi connectivity index (χ3v) is 4.55. The molecule has 2 aromatic heterocycles. The number of aryl methyl sites for hydroxylation is 1. The summed E-state index contributed by atoms with van der Waals surface area (Å²) in [5.74, 6) is 0.735. The number of nitrogens with one attached hydrogen (secondary N) is 1. The van der Waals surface area contributed by atoms with Crippen LogP contribution in [0.3, 0.4) is 0 Å². The van der Waals surface area contributed by atoms with Gasteiger partial charge in [-0.3, -0.25) is 0 Å². The Balaban J connectivity index is 1.79. The van der Waals surface area contributed by atoms with Gasteiger partial charge in [-0.2, -0.15) is 5.10 Å². The lowest BCUT2D eigenvalue weighted by molar-refractivity contribution is 0.895. The van der Waals surface area contributed by atoms with Crippen LogP contribution in [-0.2, 0) is 0 Å². The molecule has 4 rings (SSSR count). The predicted octanol–water partition coefficient (Wildman–Crippen LogP) is 4.83. The Hall–Kier alpha value is -2.92. The molecule has 0 aliphatic heterocycles. The summed E-state index contributed by atoms with van der Waals surface area (Å²) in [4.78, 5) is 8.80. The first-order valence-electron chi connectivity index (χ1n) is 7.91. The third kappa shape index (κ3) is 2.83. The van der Waals surface area contributed by atoms with Crippen molar-refractivity contribution >= 4 is 34.1 Å². The lowest BCUT2D eigenvalue weighted by Gasteiger charge is -2.11. The molecule has 2 aromatic carbocycles. The molecule has 0 spiro atoms. The number of hydrogen-bond donors (Lipinski definition) is 1. The molecule has 2 heterocycles. The van der Waals surface area contributed by atoms with Gasteiger partial charge in [0.1, 0.15) is 12.1 Å². The summed E-state index contributed by atoms with van der Waals surface area (Å²) in [6.45, 7) is 4.18. The Bertz CT molecular complexity index is 1050. The molecule has 1 N–H and O–H groups in total. The van der Waals surface area contributed by atoms with Crippen LogP contribution in [0.15, 0.2) is 55.0 Å². The van der Waals surface area contributed by atoms with E-state index in [2.05, 4.69) is 40.3 Å². The van der Waals surface area contributed by atoms with Crippen molar-refractivity contribution in [2.75, 3.05) is 5.32 Å². The van der Waals surface area contributed by atoms with Gasteiger partial charge in [0.05, 0.1) is 17.3 Å². The Morgan fingerprint density at radius 2 is 1.80 bits per heavy atom. The smallest absolute Gasteiger partial charge is 0.168 e. The van der Waals surface area contributed by atoms with Crippen LogP contribution in [-0.4, -0.2) is 19.7 Å². The minimum absolute atomic E-state index is 0.687. The summed E-state index contributed by atoms with van der Waals surface area (Å²) < 4.78 is 1.78. The van der Waals surface area contributed by atoms with Gasteiger partial charge in [0.25, 0.3) is 0 Å². The van der Waals surface area contributed by atoms with E-state index in [-0.39, 0.29) is 0 Å². The van der Waals surface area contributed by atoms with Crippen LogP contribution in [0, 0.1) is 13.8 Å². The van der Waals surface area contributed by atoms with E-state index in [0.717, 1.165) is 28.2 Å². The van der Waals surface area contributed by atoms with Crippen molar-refractivity contribution in [1.82, 2.24) is 19.7 Å². The molecule has 0 amide bonds. The molecule has 0 aliphatic carbocycles. The number of hydrogen-bond acceptors (Lipinski definition) is 4. The molecule has 6 heteroatoms. The Labute approximate surface area is 150 Å². The fourth-order valence-electron chi connectivity index (χ4n) is 2.73. The number of rotatable bonds is 3. The summed E-state index contributed by atoms with van der Waals surface area (Å²) >= 11 is 5.97. The van der Waals surface area contributed by atoms with Crippen molar-refractivity contribution in [2.45, 2.75) is 13.8 Å². The molecule has 0 bridgehead atoms. The highest BCUT2D eigenvalue weighted by molar-refractivity contribution is 6.30. The van der Waals surface area contributed by atoms with E-state index >= 15 is 0 Å². The molecule has 5 nitrogen and oxygen atoms in total. The summed E-state index contributed by atoms with van der Waals surface area (Å²) in [5, 5.41) is 9.42. The molecule has 0 atom stereocenters. The van der Waals surface area contributed by atoms with Crippen LogP contribution < -0.4 is 5.32 Å². The summed E-state index contributed by atoms with van der Waals surface area (Å²) in [6.07, 6.45) is 3.32. The first-order chi connectivity index (χ1) is 12.1. The highest BCUT2D eigenvalue weighted by atomic mass is 35.5. The fraction of sp³-hybridized carbons (Fsp3) is 0.105. The van der Waals surface area contributed by atoms with Gasteiger partial charge in [-0.15, -0.1) is 0 Å². The van der Waals surface area contributed by atoms with Crippen molar-refractivity contribution in [1.29, 1.82) is 0 Å². The molecular formula is C19H16ClN5. The second-order valence-electron chi connectivity index (χ2n) is 5.86. The average Bonchev–Trinajstić information content (AvgIpc) is 3.05. The van der Waals surface area contributed by atoms with Crippen LogP contribution in [0.2, 0.25) is 5.02 Å². The van der Waals surface area contributed by atoms with Gasteiger partial charge in [-0.25, -0.2) is 14.6 Å². The fourth-order valence-corrected chi connectivity index (χ4v) is 2.86. The van der Waals surface area contributed by atoms with Crippen molar-refractivity contribution < 1.29 is 0 Å². The van der Waals surface area contributed by atoms with Crippen LogP contribution >= 0.6 is 11.6 Å². The number of benzene rings is 2. The molecule has 0 aliphatic rings. The predicted molar refractivity (Wildman–Crippen MR) is 101 cm³/mol. The average molecular weight is 350 g/mol. The maximum Gasteiger partial charge on any atom is 0.168 e. The van der Waals surface area contributed by atoms with E-state index in [4.69, 9.17) is 11.6 Å². The van der Waals surface area contributed by atoms with Gasteiger partial charge in [-0.1, -0.05) is 23.7 Å². The first-order valence-corrected chi connectivity index (χ1v) is 8.29. The van der Waals surface area contributed by atoms with Gasteiger partial charge < -0.3 is 5.32 Å². The minimum Gasteiger partial charge on any atom is -0.339 e. The minimum atomic E-state index is 0.687. The van der Waals surface area contributed by atoms with E-state index in [1.165, 1.54) is 11.1 Å². The topological polar surface area (TPSA) is 55.6 Å². The summed E-state index contributed by atoms with van der Waals surface area (Å²) in [7, 11) is 0. The van der Waals surface area contributed by atoms with Gasteiger partial charge >= 0.3 is 0 Å². The van der Waals surface area contributed by atoms with E-state index in [1.807, 2.05) is 36.4 Å². The van der Waals surface area contributed by atoms with Crippen LogP contribution in [0.1, 0.15) is 11.1 Å². The quantitative estimate of drug-likeness (QED) is 0.575.